The van der Waals surface area contributed by atoms with E-state index in [0.717, 1.165) is 0 Å². The van der Waals surface area contributed by atoms with E-state index >= 15 is 0 Å². The number of hydrogen-bond acceptors (Lipinski definition) is 4. The number of carboxylic acid groups (broad SMARTS) is 1. The van der Waals surface area contributed by atoms with Crippen LogP contribution in [0, 0.1) is 0 Å². The van der Waals surface area contributed by atoms with Crippen LogP contribution >= 0.6 is 7.60 Å². The van der Waals surface area contributed by atoms with E-state index in [1.807, 2.05) is 0 Å². The summed E-state index contributed by atoms with van der Waals surface area (Å²) in [5, 5.41) is 18.3. The molecule has 1 atom stereocenters. The van der Waals surface area contributed by atoms with Crippen molar-refractivity contribution >= 4 is 13.6 Å². The molecule has 1 unspecified atom stereocenters. The molecule has 7 heteroatoms. The van der Waals surface area contributed by atoms with Gasteiger partial charge in [-0.15, -0.1) is 0 Å². The number of carboxylic acids is 1. The molecule has 0 heterocycles. The van der Waals surface area contributed by atoms with E-state index in [4.69, 9.17) is 14.9 Å². The quantitative estimate of drug-likeness (QED) is 0.420. The van der Waals surface area contributed by atoms with Gasteiger partial charge < -0.3 is 24.8 Å². The van der Waals surface area contributed by atoms with E-state index in [-0.39, 0.29) is 0 Å². The van der Waals surface area contributed by atoms with Gasteiger partial charge in [0, 0.05) is 0 Å². The summed E-state index contributed by atoms with van der Waals surface area (Å²) in [6, 6.07) is 0. The van der Waals surface area contributed by atoms with Crippen molar-refractivity contribution in [2.24, 2.45) is 0 Å². The van der Waals surface area contributed by atoms with Crippen molar-refractivity contribution in [1.29, 1.82) is 0 Å². The summed E-state index contributed by atoms with van der Waals surface area (Å²) < 4.78 is 10.1. The summed E-state index contributed by atoms with van der Waals surface area (Å²) in [6.07, 6.45) is -2.95. The highest BCUT2D eigenvalue weighted by atomic mass is 31.2. The van der Waals surface area contributed by atoms with E-state index in [1.165, 1.54) is 0 Å². The van der Waals surface area contributed by atoms with Crippen molar-refractivity contribution in [3.05, 3.63) is 0 Å². The Morgan fingerprint density at radius 1 is 1.55 bits per heavy atom. The number of rotatable bonds is 4. The van der Waals surface area contributed by atoms with Gasteiger partial charge in [-0.25, -0.2) is 0 Å². The molecule has 11 heavy (non-hydrogen) atoms. The molecule has 0 radical (unpaired) electrons. The zero-order chi connectivity index (χ0) is 9.07. The Labute approximate surface area is 62.6 Å². The molecule has 0 saturated heterocycles. The first-order valence-electron chi connectivity index (χ1n) is 2.76. The molecule has 0 aliphatic heterocycles. The maximum Gasteiger partial charge on any atom is 0.325 e. The fraction of sp³-hybridized carbons (Fsp3) is 0.750. The first-order valence-corrected chi connectivity index (χ1v) is 4.56. The molecule has 3 N–H and O–H groups in total. The lowest BCUT2D eigenvalue weighted by molar-refractivity contribution is -0.315. The van der Waals surface area contributed by atoms with Crippen LogP contribution in [0.4, 0.5) is 0 Å². The largest absolute Gasteiger partial charge is 0.547 e. The summed E-state index contributed by atoms with van der Waals surface area (Å²) >= 11 is 0. The number of aliphatic hydroxyl groups is 1. The van der Waals surface area contributed by atoms with E-state index in [2.05, 4.69) is 0 Å². The molecule has 66 valence electrons. The molecule has 0 saturated carbocycles. The van der Waals surface area contributed by atoms with Crippen molar-refractivity contribution < 1.29 is 29.4 Å². The van der Waals surface area contributed by atoms with Crippen molar-refractivity contribution in [2.75, 3.05) is 6.16 Å². The fourth-order valence-electron chi connectivity index (χ4n) is 0.408. The van der Waals surface area contributed by atoms with Crippen molar-refractivity contribution in [3.8, 4) is 0 Å². The molecule has 0 aliphatic rings. The Bertz CT molecular complexity index is 183. The Balaban J connectivity index is 3.72. The molecule has 0 aliphatic carbocycles. The van der Waals surface area contributed by atoms with Gasteiger partial charge in [0.25, 0.3) is 0 Å². The van der Waals surface area contributed by atoms with Gasteiger partial charge in [-0.3, -0.25) is 4.57 Å². The summed E-state index contributed by atoms with van der Waals surface area (Å²) in [7, 11) is -4.21. The number of carbonyl (C=O) groups excluding carboxylic acids is 1. The predicted octanol–water partition coefficient (Wildman–Crippen LogP) is -2.34. The Hall–Kier alpha value is -0.420. The topological polar surface area (TPSA) is 118 Å². The van der Waals surface area contributed by atoms with Gasteiger partial charge in [0.05, 0.1) is 18.2 Å². The lowest BCUT2D eigenvalue weighted by Crippen LogP contribution is -2.35. The minimum Gasteiger partial charge on any atom is -0.547 e. The summed E-state index contributed by atoms with van der Waals surface area (Å²) in [5.74, 6) is -1.72. The third-order valence-electron chi connectivity index (χ3n) is 0.966. The second kappa shape index (κ2) is 3.82. The predicted molar refractivity (Wildman–Crippen MR) is 32.5 cm³/mol. The SMILES string of the molecule is O=C([O-])C(O)CCP(=O)(O)O. The Morgan fingerprint density at radius 3 is 2.27 bits per heavy atom. The van der Waals surface area contributed by atoms with E-state index < -0.39 is 32.3 Å². The summed E-state index contributed by atoms with van der Waals surface area (Å²) in [5.41, 5.74) is 0. The number of hydrogen-bond donors (Lipinski definition) is 3. The van der Waals surface area contributed by atoms with Gasteiger partial charge in [-0.2, -0.15) is 0 Å². The zero-order valence-corrected chi connectivity index (χ0v) is 6.40. The average Bonchev–Trinajstić information content (AvgIpc) is 1.80. The molecule has 0 aromatic carbocycles. The number of aliphatic hydroxyl groups excluding tert-OH is 1. The summed E-state index contributed by atoms with van der Waals surface area (Å²) in [6.45, 7) is 0. The van der Waals surface area contributed by atoms with Crippen LogP contribution < -0.4 is 5.11 Å². The van der Waals surface area contributed by atoms with Crippen LogP contribution in [-0.2, 0) is 9.36 Å². The molecule has 0 amide bonds. The first-order chi connectivity index (χ1) is 4.83. The molecule has 0 spiro atoms. The Kier molecular flexibility index (Phi) is 3.68. The van der Waals surface area contributed by atoms with Gasteiger partial charge in [0.1, 0.15) is 0 Å². The molecule has 0 rings (SSSR count). The highest BCUT2D eigenvalue weighted by Gasteiger charge is 2.15. The van der Waals surface area contributed by atoms with E-state index in [9.17, 15) is 14.5 Å². The summed E-state index contributed by atoms with van der Waals surface area (Å²) in [4.78, 5) is 26.3. The third-order valence-corrected chi connectivity index (χ3v) is 1.81. The second-order valence-electron chi connectivity index (χ2n) is 2.01. The smallest absolute Gasteiger partial charge is 0.325 e. The van der Waals surface area contributed by atoms with Crippen LogP contribution in [0.3, 0.4) is 0 Å². The lowest BCUT2D eigenvalue weighted by Gasteiger charge is -2.10. The molecular formula is C4H8O6P-. The van der Waals surface area contributed by atoms with Gasteiger partial charge in [-0.05, 0) is 6.42 Å². The van der Waals surface area contributed by atoms with Crippen molar-refractivity contribution in [3.63, 3.8) is 0 Å². The van der Waals surface area contributed by atoms with Crippen LogP contribution in [0.5, 0.6) is 0 Å². The lowest BCUT2D eigenvalue weighted by atomic mass is 10.3. The number of carbonyl (C=O) groups is 1. The van der Waals surface area contributed by atoms with E-state index in [0.29, 0.717) is 0 Å². The maximum atomic E-state index is 10.1. The Morgan fingerprint density at radius 2 is 2.00 bits per heavy atom. The highest BCUT2D eigenvalue weighted by Crippen LogP contribution is 2.35. The number of aliphatic carboxylic acids is 1. The third kappa shape index (κ3) is 6.00. The van der Waals surface area contributed by atoms with Gasteiger partial charge >= 0.3 is 7.60 Å². The second-order valence-corrected chi connectivity index (χ2v) is 3.79. The standard InChI is InChI=1S/C4H9O6P/c5-3(4(6)7)1-2-11(8,9)10/h3,5H,1-2H2,(H,6,7)(H2,8,9,10)/p-1. The van der Waals surface area contributed by atoms with Gasteiger partial charge in [0.2, 0.25) is 0 Å². The average molecular weight is 183 g/mol. The van der Waals surface area contributed by atoms with Crippen LogP contribution in [0.1, 0.15) is 6.42 Å². The molecule has 0 fully saturated rings. The zero-order valence-electron chi connectivity index (χ0n) is 5.51. The molecule has 0 aromatic heterocycles. The van der Waals surface area contributed by atoms with Gasteiger partial charge in [0.15, 0.2) is 0 Å². The van der Waals surface area contributed by atoms with Crippen LogP contribution in [0.2, 0.25) is 0 Å². The molecule has 0 aromatic rings. The molecule has 6 nitrogen and oxygen atoms in total. The van der Waals surface area contributed by atoms with Crippen molar-refractivity contribution in [2.45, 2.75) is 12.5 Å². The monoisotopic (exact) mass is 183 g/mol. The van der Waals surface area contributed by atoms with Crippen LogP contribution in [0.15, 0.2) is 0 Å². The van der Waals surface area contributed by atoms with E-state index in [1.54, 1.807) is 0 Å². The first kappa shape index (κ1) is 10.6. The van der Waals surface area contributed by atoms with Crippen molar-refractivity contribution in [1.82, 2.24) is 0 Å². The maximum absolute atomic E-state index is 10.1. The normalized spacial score (nSPS) is 14.5. The highest BCUT2D eigenvalue weighted by molar-refractivity contribution is 7.51. The molecular weight excluding hydrogens is 175 g/mol. The van der Waals surface area contributed by atoms with Crippen LogP contribution in [-0.4, -0.2) is 33.1 Å². The molecule has 0 bridgehead atoms. The minimum absolute atomic E-state index is 0.493. The fourth-order valence-corrected chi connectivity index (χ4v) is 0.989. The van der Waals surface area contributed by atoms with Gasteiger partial charge in [-0.1, -0.05) is 0 Å². The minimum atomic E-state index is -4.21. The van der Waals surface area contributed by atoms with Crippen LogP contribution in [0.25, 0.3) is 0 Å².